The van der Waals surface area contributed by atoms with E-state index < -0.39 is 5.41 Å². The van der Waals surface area contributed by atoms with Gasteiger partial charge < -0.3 is 4.74 Å². The number of rotatable bonds is 3. The predicted octanol–water partition coefficient (Wildman–Crippen LogP) is 4.83. The molecule has 2 aliphatic carbocycles. The Kier molecular flexibility index (Phi) is 3.50. The average molecular weight is 380 g/mol. The van der Waals surface area contributed by atoms with Crippen LogP contribution in [0.2, 0.25) is 5.02 Å². The highest BCUT2D eigenvalue weighted by molar-refractivity contribution is 6.30. The van der Waals surface area contributed by atoms with E-state index >= 15 is 0 Å². The molecule has 5 rings (SSSR count). The van der Waals surface area contributed by atoms with Crippen molar-refractivity contribution in [3.8, 4) is 11.5 Å². The molecule has 2 fully saturated rings. The number of halogens is 1. The van der Waals surface area contributed by atoms with Crippen molar-refractivity contribution in [1.82, 2.24) is 0 Å². The smallest absolute Gasteiger partial charge is 0.241 e. The average Bonchev–Trinajstić information content (AvgIpc) is 3.30. The molecule has 27 heavy (non-hydrogen) atoms. The molecule has 4 nitrogen and oxygen atoms in total. The quantitative estimate of drug-likeness (QED) is 0.566. The summed E-state index contributed by atoms with van der Waals surface area (Å²) < 4.78 is 5.79. The summed E-state index contributed by atoms with van der Waals surface area (Å²) in [6.45, 7) is 1.95. The SMILES string of the molecule is C[C@@]12C(=O)N(c3ccc(Oc4ccc(Cl)cc4)cc3)C(=O)[C@@H]1[C@@H]1C=C[C@H]2C1. The van der Waals surface area contributed by atoms with Crippen LogP contribution in [-0.2, 0) is 9.59 Å². The number of carbonyl (C=O) groups excluding carboxylic acids is 2. The molecule has 136 valence electrons. The van der Waals surface area contributed by atoms with Crippen molar-refractivity contribution in [2.24, 2.45) is 23.2 Å². The molecular formula is C22H18ClNO3. The van der Waals surface area contributed by atoms with Gasteiger partial charge in [-0.05, 0) is 73.7 Å². The molecule has 2 aromatic carbocycles. The Morgan fingerprint density at radius 3 is 2.26 bits per heavy atom. The Morgan fingerprint density at radius 1 is 1.00 bits per heavy atom. The van der Waals surface area contributed by atoms with E-state index in [0.717, 1.165) is 6.42 Å². The molecule has 5 heteroatoms. The van der Waals surface area contributed by atoms with Crippen LogP contribution in [0.5, 0.6) is 11.5 Å². The van der Waals surface area contributed by atoms with E-state index in [4.69, 9.17) is 16.3 Å². The van der Waals surface area contributed by atoms with Crippen molar-refractivity contribution in [2.75, 3.05) is 4.90 Å². The third-order valence-corrected chi connectivity index (χ3v) is 6.51. The van der Waals surface area contributed by atoms with E-state index in [1.165, 1.54) is 4.90 Å². The summed E-state index contributed by atoms with van der Waals surface area (Å²) in [5.74, 6) is 1.27. The number of hydrogen-bond donors (Lipinski definition) is 0. The highest BCUT2D eigenvalue weighted by atomic mass is 35.5. The van der Waals surface area contributed by atoms with Crippen LogP contribution in [0.25, 0.3) is 0 Å². The minimum absolute atomic E-state index is 0.0780. The molecule has 0 unspecified atom stereocenters. The van der Waals surface area contributed by atoms with Gasteiger partial charge in [-0.2, -0.15) is 0 Å². The first kappa shape index (κ1) is 16.6. The van der Waals surface area contributed by atoms with E-state index in [0.29, 0.717) is 22.2 Å². The monoisotopic (exact) mass is 379 g/mol. The standard InChI is InChI=1S/C22H18ClNO3/c1-22-14-3-2-13(12-14)19(22)20(25)24(21(22)26)16-6-10-18(11-7-16)27-17-8-4-15(23)5-9-17/h2-11,13-14,19H,12H2,1H3/t13-,14+,19+,22+/m1/s1. The second-order valence-electron chi connectivity index (χ2n) is 7.68. The van der Waals surface area contributed by atoms with Gasteiger partial charge in [0, 0.05) is 5.02 Å². The van der Waals surface area contributed by atoms with E-state index in [-0.39, 0.29) is 29.6 Å². The fraction of sp³-hybridized carbons (Fsp3) is 0.273. The van der Waals surface area contributed by atoms with Crippen molar-refractivity contribution in [2.45, 2.75) is 13.3 Å². The lowest BCUT2D eigenvalue weighted by Crippen LogP contribution is -2.37. The molecule has 3 aliphatic rings. The molecule has 0 aromatic heterocycles. The Balaban J connectivity index is 1.40. The fourth-order valence-electron chi connectivity index (χ4n) is 4.85. The van der Waals surface area contributed by atoms with Gasteiger partial charge in [-0.25, -0.2) is 4.90 Å². The second-order valence-corrected chi connectivity index (χ2v) is 8.12. The zero-order valence-electron chi connectivity index (χ0n) is 14.8. The first-order chi connectivity index (χ1) is 13.0. The maximum absolute atomic E-state index is 13.1. The van der Waals surface area contributed by atoms with Gasteiger partial charge in [0.05, 0.1) is 17.0 Å². The van der Waals surface area contributed by atoms with Gasteiger partial charge in [-0.1, -0.05) is 23.8 Å². The van der Waals surface area contributed by atoms with E-state index in [9.17, 15) is 9.59 Å². The lowest BCUT2D eigenvalue weighted by atomic mass is 9.71. The molecule has 0 spiro atoms. The predicted molar refractivity (Wildman–Crippen MR) is 103 cm³/mol. The zero-order chi connectivity index (χ0) is 18.8. The number of allylic oxidation sites excluding steroid dienone is 2. The molecule has 1 saturated heterocycles. The van der Waals surface area contributed by atoms with Crippen LogP contribution in [0.4, 0.5) is 5.69 Å². The Morgan fingerprint density at radius 2 is 1.63 bits per heavy atom. The normalized spacial score (nSPS) is 30.9. The van der Waals surface area contributed by atoms with E-state index in [2.05, 4.69) is 12.2 Å². The van der Waals surface area contributed by atoms with E-state index in [1.807, 2.05) is 6.92 Å². The summed E-state index contributed by atoms with van der Waals surface area (Å²) in [4.78, 5) is 27.5. The van der Waals surface area contributed by atoms with Gasteiger partial charge in [-0.3, -0.25) is 9.59 Å². The first-order valence-electron chi connectivity index (χ1n) is 9.08. The molecule has 2 amide bonds. The zero-order valence-corrected chi connectivity index (χ0v) is 15.5. The lowest BCUT2D eigenvalue weighted by Gasteiger charge is -2.28. The van der Waals surface area contributed by atoms with Gasteiger partial charge >= 0.3 is 0 Å². The number of carbonyl (C=O) groups is 2. The Labute approximate surface area is 162 Å². The maximum Gasteiger partial charge on any atom is 0.241 e. The van der Waals surface area contributed by atoms with Crippen molar-refractivity contribution in [3.05, 3.63) is 65.7 Å². The highest BCUT2D eigenvalue weighted by Crippen LogP contribution is 2.60. The molecule has 4 atom stereocenters. The topological polar surface area (TPSA) is 46.6 Å². The largest absolute Gasteiger partial charge is 0.457 e. The van der Waals surface area contributed by atoms with Gasteiger partial charge in [0.2, 0.25) is 11.8 Å². The lowest BCUT2D eigenvalue weighted by molar-refractivity contribution is -0.127. The first-order valence-corrected chi connectivity index (χ1v) is 9.46. The van der Waals surface area contributed by atoms with Crippen LogP contribution in [0.15, 0.2) is 60.7 Å². The number of ether oxygens (including phenoxy) is 1. The number of hydrogen-bond acceptors (Lipinski definition) is 3. The van der Waals surface area contributed by atoms with Crippen LogP contribution in [0, 0.1) is 23.2 Å². The summed E-state index contributed by atoms with van der Waals surface area (Å²) in [6, 6.07) is 14.2. The number of benzene rings is 2. The number of amides is 2. The fourth-order valence-corrected chi connectivity index (χ4v) is 4.98. The molecule has 0 N–H and O–H groups in total. The Bertz CT molecular complexity index is 966. The van der Waals surface area contributed by atoms with Crippen LogP contribution >= 0.6 is 11.6 Å². The molecule has 1 heterocycles. The second kappa shape index (κ2) is 5.70. The summed E-state index contributed by atoms with van der Waals surface area (Å²) in [7, 11) is 0. The summed E-state index contributed by atoms with van der Waals surface area (Å²) in [5, 5.41) is 0.645. The Hall–Kier alpha value is -2.59. The summed E-state index contributed by atoms with van der Waals surface area (Å²) in [6.07, 6.45) is 5.13. The molecule has 1 aliphatic heterocycles. The minimum atomic E-state index is -0.602. The van der Waals surface area contributed by atoms with Crippen LogP contribution < -0.4 is 9.64 Å². The maximum atomic E-state index is 13.1. The number of anilines is 1. The number of fused-ring (bicyclic) bond motifs is 5. The highest BCUT2D eigenvalue weighted by Gasteiger charge is 2.67. The third kappa shape index (κ3) is 2.29. The van der Waals surface area contributed by atoms with Crippen LogP contribution in [0.3, 0.4) is 0 Å². The van der Waals surface area contributed by atoms with Gasteiger partial charge in [0.25, 0.3) is 0 Å². The van der Waals surface area contributed by atoms with Crippen molar-refractivity contribution in [1.29, 1.82) is 0 Å². The molecule has 0 radical (unpaired) electrons. The van der Waals surface area contributed by atoms with Gasteiger partial charge in [0.1, 0.15) is 11.5 Å². The van der Waals surface area contributed by atoms with Gasteiger partial charge in [-0.15, -0.1) is 0 Å². The molecule has 1 saturated carbocycles. The summed E-state index contributed by atoms with van der Waals surface area (Å²) in [5.41, 5.74) is -0.00176. The molecule has 2 aromatic rings. The third-order valence-electron chi connectivity index (χ3n) is 6.26. The van der Waals surface area contributed by atoms with Gasteiger partial charge in [0.15, 0.2) is 0 Å². The molecular weight excluding hydrogens is 362 g/mol. The van der Waals surface area contributed by atoms with Crippen molar-refractivity contribution < 1.29 is 14.3 Å². The summed E-state index contributed by atoms with van der Waals surface area (Å²) >= 11 is 5.88. The van der Waals surface area contributed by atoms with Crippen LogP contribution in [0.1, 0.15) is 13.3 Å². The molecule has 2 bridgehead atoms. The van der Waals surface area contributed by atoms with E-state index in [1.54, 1.807) is 48.5 Å². The van der Waals surface area contributed by atoms with Crippen LogP contribution in [-0.4, -0.2) is 11.8 Å². The minimum Gasteiger partial charge on any atom is -0.457 e. The van der Waals surface area contributed by atoms with Crippen molar-refractivity contribution >= 4 is 29.1 Å². The number of imide groups is 1. The van der Waals surface area contributed by atoms with Crippen molar-refractivity contribution in [3.63, 3.8) is 0 Å². The number of nitrogens with zero attached hydrogens (tertiary/aromatic N) is 1.